The van der Waals surface area contributed by atoms with E-state index in [-0.39, 0.29) is 12.5 Å². The van der Waals surface area contributed by atoms with Crippen molar-refractivity contribution in [2.75, 3.05) is 31.2 Å². The molecule has 1 amide bonds. The van der Waals surface area contributed by atoms with Crippen LogP contribution in [0.5, 0.6) is 0 Å². The van der Waals surface area contributed by atoms with Gasteiger partial charge in [-0.3, -0.25) is 4.79 Å². The third kappa shape index (κ3) is 8.78. The molecule has 0 aliphatic rings. The van der Waals surface area contributed by atoms with Crippen molar-refractivity contribution in [3.63, 3.8) is 0 Å². The van der Waals surface area contributed by atoms with E-state index in [0.717, 1.165) is 13.1 Å². The molecule has 2 N–H and O–H groups in total. The molecule has 1 unspecified atom stereocenters. The summed E-state index contributed by atoms with van der Waals surface area (Å²) in [5.74, 6) is 1.81. The van der Waals surface area contributed by atoms with Crippen LogP contribution < -0.4 is 0 Å². The normalized spacial score (nSPS) is 13.1. The summed E-state index contributed by atoms with van der Waals surface area (Å²) in [5, 5.41) is 17.9. The molecule has 0 bridgehead atoms. The summed E-state index contributed by atoms with van der Waals surface area (Å²) in [6.07, 6.45) is -0.730. The molecule has 0 aromatic carbocycles. The van der Waals surface area contributed by atoms with Crippen molar-refractivity contribution in [1.29, 1.82) is 0 Å². The minimum absolute atomic E-state index is 0.118. The number of nitrogens with zero attached hydrogens (tertiary/aromatic N) is 1. The monoisotopic (exact) mass is 277 g/mol. The average molecular weight is 277 g/mol. The Labute approximate surface area is 115 Å². The van der Waals surface area contributed by atoms with Crippen molar-refractivity contribution in [2.45, 2.75) is 33.8 Å². The van der Waals surface area contributed by atoms with Crippen LogP contribution in [-0.2, 0) is 4.79 Å². The van der Waals surface area contributed by atoms with Crippen molar-refractivity contribution in [3.05, 3.63) is 0 Å². The number of hydrogen-bond donors (Lipinski definition) is 2. The van der Waals surface area contributed by atoms with Gasteiger partial charge in [0.15, 0.2) is 0 Å². The third-order valence-electron chi connectivity index (χ3n) is 2.27. The van der Waals surface area contributed by atoms with E-state index in [1.807, 2.05) is 4.90 Å². The van der Waals surface area contributed by atoms with E-state index in [0.29, 0.717) is 23.3 Å². The molecular formula is C13H27NO3S. The molecule has 0 aliphatic carbocycles. The molecule has 5 heteroatoms. The van der Waals surface area contributed by atoms with Gasteiger partial charge in [-0.05, 0) is 11.8 Å². The van der Waals surface area contributed by atoms with Crippen molar-refractivity contribution >= 4 is 17.7 Å². The van der Waals surface area contributed by atoms with Gasteiger partial charge >= 0.3 is 0 Å². The zero-order valence-corrected chi connectivity index (χ0v) is 12.7. The predicted octanol–water partition coefficient (Wildman–Crippen LogP) is 1.21. The second-order valence-corrected chi connectivity index (χ2v) is 6.47. The van der Waals surface area contributed by atoms with Crippen LogP contribution in [-0.4, -0.2) is 58.3 Å². The summed E-state index contributed by atoms with van der Waals surface area (Å²) >= 11 is 1.38. The maximum absolute atomic E-state index is 12.0. The van der Waals surface area contributed by atoms with E-state index in [9.17, 15) is 9.90 Å². The van der Waals surface area contributed by atoms with E-state index < -0.39 is 6.10 Å². The van der Waals surface area contributed by atoms with Crippen LogP contribution in [0.3, 0.4) is 0 Å². The van der Waals surface area contributed by atoms with Crippen LogP contribution in [0.25, 0.3) is 0 Å². The summed E-state index contributed by atoms with van der Waals surface area (Å²) in [7, 11) is 0. The average Bonchev–Trinajstić information content (AvgIpc) is 2.26. The minimum atomic E-state index is -0.730. The number of aliphatic hydroxyl groups is 2. The fraction of sp³-hybridized carbons (Fsp3) is 0.923. The second kappa shape index (κ2) is 9.64. The highest BCUT2D eigenvalue weighted by molar-refractivity contribution is 7.99. The molecule has 0 rings (SSSR count). The molecule has 0 aliphatic heterocycles. The highest BCUT2D eigenvalue weighted by Gasteiger charge is 2.16. The van der Waals surface area contributed by atoms with E-state index >= 15 is 0 Å². The van der Waals surface area contributed by atoms with Gasteiger partial charge in [-0.2, -0.15) is 0 Å². The molecule has 1 atom stereocenters. The van der Waals surface area contributed by atoms with E-state index in [4.69, 9.17) is 5.11 Å². The highest BCUT2D eigenvalue weighted by Crippen LogP contribution is 2.09. The molecule has 0 aromatic heterocycles. The lowest BCUT2D eigenvalue weighted by Crippen LogP contribution is -2.38. The van der Waals surface area contributed by atoms with Crippen molar-refractivity contribution in [3.8, 4) is 0 Å². The second-order valence-electron chi connectivity index (χ2n) is 5.44. The Bertz CT molecular complexity index is 224. The zero-order chi connectivity index (χ0) is 14.1. The third-order valence-corrected chi connectivity index (χ3v) is 3.34. The van der Waals surface area contributed by atoms with Gasteiger partial charge in [-0.25, -0.2) is 0 Å². The number of thioether (sulfide) groups is 1. The molecule has 0 spiro atoms. The van der Waals surface area contributed by atoms with Gasteiger partial charge in [0, 0.05) is 18.8 Å². The first-order valence-corrected chi connectivity index (χ1v) is 7.66. The lowest BCUT2D eigenvalue weighted by Gasteiger charge is -2.26. The van der Waals surface area contributed by atoms with Gasteiger partial charge in [0.2, 0.25) is 5.91 Å². The Balaban J connectivity index is 4.12. The number of amides is 1. The number of aliphatic hydroxyl groups excluding tert-OH is 2. The SMILES string of the molecule is CC(C)CN(CC(C)C)C(=O)CSCC(O)CO. The van der Waals surface area contributed by atoms with Crippen LogP contribution in [0.4, 0.5) is 0 Å². The number of carbonyl (C=O) groups is 1. The topological polar surface area (TPSA) is 60.8 Å². The van der Waals surface area contributed by atoms with E-state index in [2.05, 4.69) is 27.7 Å². The summed E-state index contributed by atoms with van der Waals surface area (Å²) in [6.45, 7) is 9.71. The maximum atomic E-state index is 12.0. The van der Waals surface area contributed by atoms with Crippen molar-refractivity contribution in [1.82, 2.24) is 4.90 Å². The first-order chi connectivity index (χ1) is 8.36. The number of hydrogen-bond acceptors (Lipinski definition) is 4. The highest BCUT2D eigenvalue weighted by atomic mass is 32.2. The van der Waals surface area contributed by atoms with Gasteiger partial charge in [-0.1, -0.05) is 27.7 Å². The molecule has 0 heterocycles. The summed E-state index contributed by atoms with van der Waals surface area (Å²) in [4.78, 5) is 13.9. The van der Waals surface area contributed by atoms with Crippen molar-refractivity contribution in [2.24, 2.45) is 11.8 Å². The van der Waals surface area contributed by atoms with Crippen LogP contribution in [0.15, 0.2) is 0 Å². The first-order valence-electron chi connectivity index (χ1n) is 6.51. The Kier molecular flexibility index (Phi) is 9.50. The van der Waals surface area contributed by atoms with Crippen molar-refractivity contribution < 1.29 is 15.0 Å². The maximum Gasteiger partial charge on any atom is 0.232 e. The van der Waals surface area contributed by atoms with Gasteiger partial charge < -0.3 is 15.1 Å². The largest absolute Gasteiger partial charge is 0.394 e. The standard InChI is InChI=1S/C13H27NO3S/c1-10(2)5-14(6-11(3)4)13(17)9-18-8-12(16)7-15/h10-12,15-16H,5-9H2,1-4H3. The Hall–Kier alpha value is -0.260. The smallest absolute Gasteiger partial charge is 0.232 e. The van der Waals surface area contributed by atoms with Crippen LogP contribution >= 0.6 is 11.8 Å². The molecule has 4 nitrogen and oxygen atoms in total. The van der Waals surface area contributed by atoms with Crippen LogP contribution in [0.1, 0.15) is 27.7 Å². The number of carbonyl (C=O) groups excluding carboxylic acids is 1. The van der Waals surface area contributed by atoms with E-state index in [1.165, 1.54) is 11.8 Å². The summed E-state index contributed by atoms with van der Waals surface area (Å²) in [5.41, 5.74) is 0. The first kappa shape index (κ1) is 17.7. The Morgan fingerprint density at radius 3 is 2.06 bits per heavy atom. The Morgan fingerprint density at radius 1 is 1.17 bits per heavy atom. The number of rotatable bonds is 9. The summed E-state index contributed by atoms with van der Waals surface area (Å²) in [6, 6.07) is 0. The molecule has 0 saturated carbocycles. The van der Waals surface area contributed by atoms with Gasteiger partial charge in [-0.15, -0.1) is 11.8 Å². The molecule has 0 fully saturated rings. The zero-order valence-electron chi connectivity index (χ0n) is 11.9. The Morgan fingerprint density at radius 2 is 1.67 bits per heavy atom. The van der Waals surface area contributed by atoms with Crippen LogP contribution in [0.2, 0.25) is 0 Å². The fourth-order valence-corrected chi connectivity index (χ4v) is 2.44. The molecule has 0 saturated heterocycles. The summed E-state index contributed by atoms with van der Waals surface area (Å²) < 4.78 is 0. The van der Waals surface area contributed by atoms with E-state index in [1.54, 1.807) is 0 Å². The van der Waals surface area contributed by atoms with Gasteiger partial charge in [0.05, 0.1) is 18.5 Å². The molecule has 18 heavy (non-hydrogen) atoms. The van der Waals surface area contributed by atoms with Gasteiger partial charge in [0.25, 0.3) is 0 Å². The molecule has 0 radical (unpaired) electrons. The minimum Gasteiger partial charge on any atom is -0.394 e. The molecule has 108 valence electrons. The lowest BCUT2D eigenvalue weighted by molar-refractivity contribution is -0.129. The lowest BCUT2D eigenvalue weighted by atomic mass is 10.1. The van der Waals surface area contributed by atoms with Crippen LogP contribution in [0, 0.1) is 11.8 Å². The quantitative estimate of drug-likeness (QED) is 0.665. The fourth-order valence-electron chi connectivity index (χ4n) is 1.59. The molecular weight excluding hydrogens is 250 g/mol. The van der Waals surface area contributed by atoms with Gasteiger partial charge in [0.1, 0.15) is 0 Å². The molecule has 0 aromatic rings. The predicted molar refractivity (Wildman–Crippen MR) is 76.7 cm³/mol.